The molecule has 1 aromatic carbocycles. The molecule has 0 atom stereocenters. The number of nitrogens with zero attached hydrogens (tertiary/aromatic N) is 2. The van der Waals surface area contributed by atoms with Gasteiger partial charge < -0.3 is 5.73 Å². The molecule has 0 radical (unpaired) electrons. The van der Waals surface area contributed by atoms with E-state index in [-0.39, 0.29) is 5.41 Å². The molecule has 0 aliphatic carbocycles. The van der Waals surface area contributed by atoms with Crippen LogP contribution in [-0.4, -0.2) is 9.97 Å². The Balaban J connectivity index is 2.16. The highest BCUT2D eigenvalue weighted by atomic mass is 32.2. The van der Waals surface area contributed by atoms with Crippen molar-refractivity contribution in [3.63, 3.8) is 0 Å². The molecule has 0 spiro atoms. The van der Waals surface area contributed by atoms with Gasteiger partial charge in [-0.3, -0.25) is 0 Å². The highest BCUT2D eigenvalue weighted by Crippen LogP contribution is 2.26. The van der Waals surface area contributed by atoms with E-state index in [0.29, 0.717) is 5.82 Å². The van der Waals surface area contributed by atoms with Gasteiger partial charge in [-0.1, -0.05) is 50.6 Å². The predicted octanol–water partition coefficient (Wildman–Crippen LogP) is 3.96. The minimum Gasteiger partial charge on any atom is -0.384 e. The molecule has 0 fully saturated rings. The third-order valence-corrected chi connectivity index (χ3v) is 3.85. The van der Waals surface area contributed by atoms with Crippen LogP contribution < -0.4 is 5.73 Å². The highest BCUT2D eigenvalue weighted by Gasteiger charge is 2.18. The molecule has 106 valence electrons. The molecular weight excluding hydrogens is 266 g/mol. The summed E-state index contributed by atoms with van der Waals surface area (Å²) in [5, 5.41) is 0.934. The number of nitrogens with two attached hydrogens (primary N) is 1. The lowest BCUT2D eigenvalue weighted by Crippen LogP contribution is -2.17. The molecule has 0 amide bonds. The van der Waals surface area contributed by atoms with Crippen LogP contribution in [0.4, 0.5) is 5.82 Å². The fourth-order valence-corrected chi connectivity index (χ4v) is 2.66. The van der Waals surface area contributed by atoms with Gasteiger partial charge in [0.05, 0.1) is 0 Å². The molecule has 2 aromatic rings. The van der Waals surface area contributed by atoms with Gasteiger partial charge in [0.1, 0.15) is 16.7 Å². The number of benzene rings is 1. The minimum absolute atomic E-state index is 0.0893. The molecule has 3 nitrogen and oxygen atoms in total. The van der Waals surface area contributed by atoms with Crippen molar-refractivity contribution in [3.8, 4) is 0 Å². The number of rotatable bonds is 3. The van der Waals surface area contributed by atoms with Crippen molar-refractivity contribution < 1.29 is 0 Å². The average Bonchev–Trinajstić information content (AvgIpc) is 2.35. The molecule has 1 aromatic heterocycles. The van der Waals surface area contributed by atoms with E-state index >= 15 is 0 Å². The van der Waals surface area contributed by atoms with Crippen molar-refractivity contribution in [3.05, 3.63) is 47.3 Å². The first-order valence-corrected chi connectivity index (χ1v) is 7.66. The van der Waals surface area contributed by atoms with Crippen LogP contribution in [-0.2, 0) is 11.2 Å². The van der Waals surface area contributed by atoms with Crippen molar-refractivity contribution in [2.75, 3.05) is 5.73 Å². The summed E-state index contributed by atoms with van der Waals surface area (Å²) >= 11 is 1.70. The first-order chi connectivity index (χ1) is 9.34. The Hall–Kier alpha value is -1.55. The van der Waals surface area contributed by atoms with E-state index in [1.165, 1.54) is 11.1 Å². The smallest absolute Gasteiger partial charge is 0.137 e. The van der Waals surface area contributed by atoms with Gasteiger partial charge in [0.15, 0.2) is 0 Å². The van der Waals surface area contributed by atoms with Crippen LogP contribution in [0.2, 0.25) is 0 Å². The van der Waals surface area contributed by atoms with E-state index in [1.807, 2.05) is 6.07 Å². The van der Waals surface area contributed by atoms with Crippen LogP contribution in [0.3, 0.4) is 0 Å². The van der Waals surface area contributed by atoms with E-state index in [9.17, 15) is 0 Å². The van der Waals surface area contributed by atoms with Crippen LogP contribution in [0.25, 0.3) is 0 Å². The topological polar surface area (TPSA) is 51.8 Å². The molecule has 0 aliphatic heterocycles. The van der Waals surface area contributed by atoms with Crippen molar-refractivity contribution in [2.24, 2.45) is 0 Å². The van der Waals surface area contributed by atoms with Crippen LogP contribution in [0, 0.1) is 6.92 Å². The highest BCUT2D eigenvalue weighted by molar-refractivity contribution is 7.98. The van der Waals surface area contributed by atoms with E-state index in [1.54, 1.807) is 11.8 Å². The lowest BCUT2D eigenvalue weighted by atomic mass is 9.96. The van der Waals surface area contributed by atoms with Gasteiger partial charge in [0, 0.05) is 17.2 Å². The van der Waals surface area contributed by atoms with E-state index in [4.69, 9.17) is 5.73 Å². The van der Waals surface area contributed by atoms with Gasteiger partial charge in [-0.05, 0) is 12.5 Å². The third kappa shape index (κ3) is 3.97. The number of hydrogen-bond donors (Lipinski definition) is 1. The van der Waals surface area contributed by atoms with Crippen molar-refractivity contribution >= 4 is 17.6 Å². The second-order valence-corrected chi connectivity index (χ2v) is 6.98. The van der Waals surface area contributed by atoms with E-state index in [0.717, 1.165) is 16.6 Å². The maximum Gasteiger partial charge on any atom is 0.137 e. The fourth-order valence-electron chi connectivity index (χ4n) is 1.81. The minimum atomic E-state index is -0.0893. The molecule has 1 heterocycles. The van der Waals surface area contributed by atoms with Crippen LogP contribution in [0.15, 0.2) is 35.4 Å². The lowest BCUT2D eigenvalue weighted by Gasteiger charge is -2.17. The van der Waals surface area contributed by atoms with Crippen LogP contribution in [0.5, 0.6) is 0 Å². The quantitative estimate of drug-likeness (QED) is 0.686. The largest absolute Gasteiger partial charge is 0.384 e. The van der Waals surface area contributed by atoms with E-state index < -0.39 is 0 Å². The Labute approximate surface area is 125 Å². The maximum absolute atomic E-state index is 5.88. The Morgan fingerprint density at radius 2 is 1.90 bits per heavy atom. The third-order valence-electron chi connectivity index (χ3n) is 2.86. The Kier molecular flexibility index (Phi) is 4.33. The second kappa shape index (κ2) is 5.83. The van der Waals surface area contributed by atoms with E-state index in [2.05, 4.69) is 61.9 Å². The Morgan fingerprint density at radius 1 is 1.15 bits per heavy atom. The Morgan fingerprint density at radius 3 is 2.55 bits per heavy atom. The SMILES string of the molecule is Cc1cccc(CSc2cc(N)nc(C(C)(C)C)n2)c1. The number of thioether (sulfide) groups is 1. The molecule has 0 unspecified atom stereocenters. The van der Waals surface area contributed by atoms with Crippen molar-refractivity contribution in [1.29, 1.82) is 0 Å². The molecule has 0 bridgehead atoms. The summed E-state index contributed by atoms with van der Waals surface area (Å²) < 4.78 is 0. The van der Waals surface area contributed by atoms with Gasteiger partial charge >= 0.3 is 0 Å². The fraction of sp³-hybridized carbons (Fsp3) is 0.375. The van der Waals surface area contributed by atoms with Crippen LogP contribution >= 0.6 is 11.8 Å². The standard InChI is InChI=1S/C16H21N3S/c1-11-6-5-7-12(8-11)10-20-14-9-13(17)18-15(19-14)16(2,3)4/h5-9H,10H2,1-4H3,(H2,17,18,19). The van der Waals surface area contributed by atoms with Crippen LogP contribution in [0.1, 0.15) is 37.7 Å². The normalized spacial score (nSPS) is 11.6. The monoisotopic (exact) mass is 287 g/mol. The first-order valence-electron chi connectivity index (χ1n) is 6.68. The molecular formula is C16H21N3S. The van der Waals surface area contributed by atoms with Gasteiger partial charge in [0.25, 0.3) is 0 Å². The number of nitrogen functional groups attached to an aromatic ring is 1. The number of hydrogen-bond acceptors (Lipinski definition) is 4. The van der Waals surface area contributed by atoms with Crippen molar-refractivity contribution in [1.82, 2.24) is 9.97 Å². The molecule has 2 rings (SSSR count). The van der Waals surface area contributed by atoms with Gasteiger partial charge in [-0.25, -0.2) is 9.97 Å². The zero-order chi connectivity index (χ0) is 14.8. The zero-order valence-corrected chi connectivity index (χ0v) is 13.3. The Bertz CT molecular complexity index is 603. The second-order valence-electron chi connectivity index (χ2n) is 5.98. The molecule has 2 N–H and O–H groups in total. The summed E-state index contributed by atoms with van der Waals surface area (Å²) in [6.45, 7) is 8.39. The molecule has 4 heteroatoms. The number of aromatic nitrogens is 2. The first kappa shape index (κ1) is 14.9. The van der Waals surface area contributed by atoms with Crippen molar-refractivity contribution in [2.45, 2.75) is 43.9 Å². The summed E-state index contributed by atoms with van der Waals surface area (Å²) in [6.07, 6.45) is 0. The summed E-state index contributed by atoms with van der Waals surface area (Å²) in [5.41, 5.74) is 8.37. The summed E-state index contributed by atoms with van der Waals surface area (Å²) in [6, 6.07) is 10.4. The number of anilines is 1. The number of aryl methyl sites for hydroxylation is 1. The molecule has 0 saturated heterocycles. The average molecular weight is 287 g/mol. The lowest BCUT2D eigenvalue weighted by molar-refractivity contribution is 0.540. The summed E-state index contributed by atoms with van der Waals surface area (Å²) in [7, 11) is 0. The summed E-state index contributed by atoms with van der Waals surface area (Å²) in [4.78, 5) is 8.94. The maximum atomic E-state index is 5.88. The molecule has 20 heavy (non-hydrogen) atoms. The predicted molar refractivity (Wildman–Crippen MR) is 85.9 cm³/mol. The molecule has 0 saturated carbocycles. The molecule has 0 aliphatic rings. The zero-order valence-electron chi connectivity index (χ0n) is 12.5. The van der Waals surface area contributed by atoms with Gasteiger partial charge in [-0.2, -0.15) is 0 Å². The van der Waals surface area contributed by atoms with Gasteiger partial charge in [0.2, 0.25) is 0 Å². The van der Waals surface area contributed by atoms with Gasteiger partial charge in [-0.15, -0.1) is 11.8 Å². The summed E-state index contributed by atoms with van der Waals surface area (Å²) in [5.74, 6) is 2.22.